The van der Waals surface area contributed by atoms with E-state index in [1.54, 1.807) is 6.08 Å². The van der Waals surface area contributed by atoms with Crippen molar-refractivity contribution in [3.05, 3.63) is 142 Å². The van der Waals surface area contributed by atoms with Crippen molar-refractivity contribution in [3.8, 4) is 33.8 Å². The summed E-state index contributed by atoms with van der Waals surface area (Å²) in [6.45, 7) is 11.2. The zero-order valence-corrected chi connectivity index (χ0v) is 62.7. The van der Waals surface area contributed by atoms with Crippen LogP contribution in [0.15, 0.2) is 91.0 Å². The fourth-order valence-electron chi connectivity index (χ4n) is 9.21. The van der Waals surface area contributed by atoms with Crippen LogP contribution in [0.3, 0.4) is 0 Å². The Labute approximate surface area is 616 Å². The number of nitrogens with zero attached hydrogens (tertiary/aromatic N) is 9. The molecule has 0 aliphatic carbocycles. The van der Waals surface area contributed by atoms with Crippen LogP contribution in [0.1, 0.15) is 132 Å². The average molecular weight is 1500 g/mol. The molecule has 0 aliphatic heterocycles. The van der Waals surface area contributed by atoms with Gasteiger partial charge >= 0.3 is 55.6 Å². The van der Waals surface area contributed by atoms with Crippen molar-refractivity contribution in [2.24, 2.45) is 0 Å². The molecule has 0 fully saturated rings. The predicted molar refractivity (Wildman–Crippen MR) is 378 cm³/mol. The van der Waals surface area contributed by atoms with E-state index in [-0.39, 0.29) is 99.0 Å². The molecule has 3 aromatic heterocycles. The Balaban J connectivity index is 0.000000392. The number of benzene rings is 3. The number of rotatable bonds is 30. The fourth-order valence-corrected chi connectivity index (χ4v) is 10.3. The number of esters is 1. The molecular formula is C67H86CaF3N9O18S3+2. The van der Waals surface area contributed by atoms with Crippen molar-refractivity contribution < 1.29 is 98.4 Å². The molecule has 0 unspecified atom stereocenters. The summed E-state index contributed by atoms with van der Waals surface area (Å²) in [6, 6.07) is 16.5. The molecule has 3 heterocycles. The first kappa shape index (κ1) is 87.8. The summed E-state index contributed by atoms with van der Waals surface area (Å²) in [5.41, 5.74) is 5.50. The number of aliphatic hydroxyl groups is 6. The molecular weight excluding hydrogens is 1410 g/mol. The first-order valence-corrected chi connectivity index (χ1v) is 36.4. The number of methoxy groups -OCH3 is 1. The summed E-state index contributed by atoms with van der Waals surface area (Å²) in [4.78, 5) is 59.3. The molecule has 34 heteroatoms. The zero-order valence-electron chi connectivity index (χ0n) is 58.1. The molecule has 101 heavy (non-hydrogen) atoms. The van der Waals surface area contributed by atoms with Crippen LogP contribution in [0.5, 0.6) is 0 Å². The minimum atomic E-state index is -3.65. The number of aromatic nitrogens is 6. The molecule has 0 saturated heterocycles. The molecule has 3 aromatic carbocycles. The number of halogens is 3. The van der Waals surface area contributed by atoms with E-state index in [2.05, 4.69) is 34.6 Å². The van der Waals surface area contributed by atoms with Crippen LogP contribution >= 0.6 is 0 Å². The second-order valence-electron chi connectivity index (χ2n) is 24.1. The third kappa shape index (κ3) is 27.7. The number of sulfonamides is 3. The van der Waals surface area contributed by atoms with Crippen molar-refractivity contribution in [1.82, 2.24) is 29.9 Å². The van der Waals surface area contributed by atoms with E-state index in [0.29, 0.717) is 67.5 Å². The number of carboxylic acids is 2. The molecule has 6 aromatic rings. The van der Waals surface area contributed by atoms with Crippen molar-refractivity contribution in [1.29, 1.82) is 0 Å². The van der Waals surface area contributed by atoms with Gasteiger partial charge in [-0.3, -0.25) is 14.4 Å². The molecule has 0 saturated carbocycles. The third-order valence-corrected chi connectivity index (χ3v) is 18.1. The molecule has 8 N–H and O–H groups in total. The van der Waals surface area contributed by atoms with Crippen LogP contribution in [0.4, 0.5) is 31.0 Å². The van der Waals surface area contributed by atoms with Gasteiger partial charge in [0.25, 0.3) is 0 Å². The number of carbonyl (C=O) groups excluding carboxylic acids is 1. The molecule has 27 nitrogen and oxygen atoms in total. The molecule has 6 atom stereocenters. The maximum atomic E-state index is 13.5. The summed E-state index contributed by atoms with van der Waals surface area (Å²) in [6.07, 6.45) is 3.20. The van der Waals surface area contributed by atoms with Gasteiger partial charge in [-0.2, -0.15) is 0 Å². The number of aliphatic hydroxyl groups excluding tert-OH is 6. The van der Waals surface area contributed by atoms with Crippen LogP contribution in [-0.2, 0) is 49.2 Å². The SMILES string of the molecule is CC(C)c1nc(N(C)S(C)(=O)=O)nc(-c2ccc(F)cc2)c1/C=C/[C@@H](O)C[C@@H](O)CC(=O)O.CC(C)c1nc(N(C)S(C)(=O)=O)nc(-c2ccc(F)cc2)c1/C=C/[C@@H](O)C[C@@H](O)CC(=O)O.COC(=O)C[C@H](O)C[C@H](O)/C=C/c1c(-c2ccc(F)cc2)nc(N(C)S(C)(=O)=O)nc1C(C)C.[Ca+2]. The van der Waals surface area contributed by atoms with Crippen molar-refractivity contribution >= 4 is 122 Å². The van der Waals surface area contributed by atoms with Gasteiger partial charge in [0.15, 0.2) is 0 Å². The van der Waals surface area contributed by atoms with Gasteiger partial charge in [-0.15, -0.1) is 0 Å². The molecule has 546 valence electrons. The quantitative estimate of drug-likeness (QED) is 0.0168. The van der Waals surface area contributed by atoms with Gasteiger partial charge in [0.05, 0.1) is 116 Å². The van der Waals surface area contributed by atoms with E-state index < -0.39 is 115 Å². The second-order valence-corrected chi connectivity index (χ2v) is 30.2. The van der Waals surface area contributed by atoms with Gasteiger partial charge < -0.3 is 45.6 Å². The Morgan fingerprint density at radius 1 is 0.436 bits per heavy atom. The topological polar surface area (TPSA) is 412 Å². The Bertz CT molecular complexity index is 4060. The average Bonchev–Trinajstić information content (AvgIpc) is 0.795. The van der Waals surface area contributed by atoms with Crippen molar-refractivity contribution in [2.45, 2.75) is 134 Å². The summed E-state index contributed by atoms with van der Waals surface area (Å²) in [5.74, 6) is -4.97. The van der Waals surface area contributed by atoms with Crippen LogP contribution in [0.25, 0.3) is 52.0 Å². The first-order valence-electron chi connectivity index (χ1n) is 30.9. The number of hydrogen-bond acceptors (Lipinski definition) is 22. The van der Waals surface area contributed by atoms with E-state index in [4.69, 9.17) is 10.2 Å². The number of aliphatic carboxylic acids is 2. The molecule has 0 amide bonds. The molecule has 0 radical (unpaired) electrons. The van der Waals surface area contributed by atoms with Gasteiger partial charge in [-0.25, -0.2) is 81.2 Å². The van der Waals surface area contributed by atoms with E-state index in [1.807, 2.05) is 41.5 Å². The minimum absolute atomic E-state index is 0. The van der Waals surface area contributed by atoms with Crippen molar-refractivity contribution in [2.75, 3.05) is 59.9 Å². The number of anilines is 3. The Hall–Kier alpha value is -7.41. The molecule has 0 spiro atoms. The summed E-state index contributed by atoms with van der Waals surface area (Å²) in [7, 11) is -5.75. The normalized spacial score (nSPS) is 13.8. The number of carbonyl (C=O) groups is 3. The fraction of sp³-hybridized carbons (Fsp3) is 0.418. The molecule has 0 aliphatic rings. The number of hydrogen-bond donors (Lipinski definition) is 8. The van der Waals surface area contributed by atoms with E-state index in [0.717, 1.165) is 31.7 Å². The van der Waals surface area contributed by atoms with Crippen molar-refractivity contribution in [3.63, 3.8) is 0 Å². The maximum Gasteiger partial charge on any atom is 2.00 e. The van der Waals surface area contributed by atoms with Crippen LogP contribution in [-0.4, -0.2) is 235 Å². The smallest absolute Gasteiger partial charge is 0.481 e. The molecule has 6 rings (SSSR count). The standard InChI is InChI=1S/C23H30FN3O6S.2C22H28FN3O6S.Ca/c1-14(2)21-19(11-10-17(28)12-18(29)13-20(30)33-4)22(15-6-8-16(24)9-7-15)26-23(25-21)27(3)34(5,31)32;2*1-13(2)20-18(10-9-16(27)11-17(28)12-19(29)30)21(14-5-7-15(23)8-6-14)25-22(24-20)26(3)33(4,31)32;/h6-11,14,17-18,28-29H,12-13H2,1-5H3;2*5-10,13,16-17,27-28H,11-12H2,1-4H3,(H,29,30);/q;;;+2/b11-10+;2*10-9+;/t17-,18-;2*16-,17-;/m111./s1. The van der Waals surface area contributed by atoms with E-state index in [9.17, 15) is 83.4 Å². The monoisotopic (exact) mass is 1500 g/mol. The third-order valence-electron chi connectivity index (χ3n) is 14.7. The van der Waals surface area contributed by atoms with Gasteiger partial charge in [0.2, 0.25) is 47.9 Å². The van der Waals surface area contributed by atoms with Crippen LogP contribution in [0, 0.1) is 17.5 Å². The zero-order chi connectivity index (χ0) is 75.5. The van der Waals surface area contributed by atoms with E-state index in [1.165, 1.54) is 131 Å². The van der Waals surface area contributed by atoms with Crippen LogP contribution < -0.4 is 12.9 Å². The Morgan fingerprint density at radius 3 is 0.861 bits per heavy atom. The predicted octanol–water partition coefficient (Wildman–Crippen LogP) is 6.91. The second kappa shape index (κ2) is 39.3. The summed E-state index contributed by atoms with van der Waals surface area (Å²) >= 11 is 0. The van der Waals surface area contributed by atoms with Gasteiger partial charge in [-0.1, -0.05) is 78.0 Å². The van der Waals surface area contributed by atoms with Gasteiger partial charge in [0, 0.05) is 73.8 Å². The number of ether oxygens (including phenoxy) is 1. The first-order chi connectivity index (χ1) is 46.4. The van der Waals surface area contributed by atoms with Gasteiger partial charge in [-0.05, 0) is 90.6 Å². The Morgan fingerprint density at radius 2 is 0.663 bits per heavy atom. The summed E-state index contributed by atoms with van der Waals surface area (Å²) in [5, 5.41) is 77.9. The number of carboxylic acid groups (broad SMARTS) is 2. The van der Waals surface area contributed by atoms with E-state index >= 15 is 0 Å². The largest absolute Gasteiger partial charge is 2.00 e. The van der Waals surface area contributed by atoms with Gasteiger partial charge in [0.1, 0.15) is 17.5 Å². The minimum Gasteiger partial charge on any atom is -0.481 e. The van der Waals surface area contributed by atoms with Crippen LogP contribution in [0.2, 0.25) is 0 Å². The Kier molecular flexibility index (Phi) is 34.2. The molecule has 0 bridgehead atoms. The maximum absolute atomic E-state index is 13.5. The summed E-state index contributed by atoms with van der Waals surface area (Å²) < 4.78 is 120.